The second-order valence-corrected chi connectivity index (χ2v) is 5.73. The predicted molar refractivity (Wildman–Crippen MR) is 51.8 cm³/mol. The van der Waals surface area contributed by atoms with Crippen LogP contribution in [0.3, 0.4) is 0 Å². The Morgan fingerprint density at radius 2 is 1.67 bits per heavy atom. The van der Waals surface area contributed by atoms with Crippen molar-refractivity contribution < 1.29 is 0 Å². The Labute approximate surface area is 75.7 Å². The van der Waals surface area contributed by atoms with Crippen molar-refractivity contribution in [3.8, 4) is 0 Å². The van der Waals surface area contributed by atoms with Crippen molar-refractivity contribution in [1.82, 2.24) is 0 Å². The summed E-state index contributed by atoms with van der Waals surface area (Å²) in [5.41, 5.74) is 6.56. The van der Waals surface area contributed by atoms with Crippen LogP contribution in [0.25, 0.3) is 0 Å². The number of nitrogens with two attached hydrogens (primary N) is 1. The minimum absolute atomic E-state index is 0.314. The van der Waals surface area contributed by atoms with E-state index in [0.29, 0.717) is 11.5 Å². The van der Waals surface area contributed by atoms with Crippen LogP contribution in [-0.4, -0.2) is 6.04 Å². The van der Waals surface area contributed by atoms with Crippen LogP contribution in [-0.2, 0) is 0 Å². The number of hydrogen-bond donors (Lipinski definition) is 1. The summed E-state index contributed by atoms with van der Waals surface area (Å²) in [5.74, 6) is 2.90. The van der Waals surface area contributed by atoms with Gasteiger partial charge in [0.05, 0.1) is 0 Å². The van der Waals surface area contributed by atoms with Gasteiger partial charge in [0.2, 0.25) is 0 Å². The lowest BCUT2D eigenvalue weighted by molar-refractivity contribution is 0.269. The fourth-order valence-corrected chi connectivity index (χ4v) is 2.99. The molecule has 3 unspecified atom stereocenters. The first-order valence-corrected chi connectivity index (χ1v) is 5.27. The number of rotatable bonds is 1. The van der Waals surface area contributed by atoms with E-state index >= 15 is 0 Å². The van der Waals surface area contributed by atoms with E-state index in [1.807, 2.05) is 0 Å². The summed E-state index contributed by atoms with van der Waals surface area (Å²) < 4.78 is 0. The molecule has 0 aromatic heterocycles. The van der Waals surface area contributed by atoms with E-state index in [1.54, 1.807) is 0 Å². The van der Waals surface area contributed by atoms with Crippen molar-refractivity contribution in [3.05, 3.63) is 0 Å². The van der Waals surface area contributed by atoms with Crippen molar-refractivity contribution in [2.75, 3.05) is 0 Å². The Kier molecular flexibility index (Phi) is 1.76. The van der Waals surface area contributed by atoms with E-state index in [0.717, 1.165) is 17.8 Å². The van der Waals surface area contributed by atoms with Crippen LogP contribution >= 0.6 is 0 Å². The molecule has 0 spiro atoms. The lowest BCUT2D eigenvalue weighted by atomic mass is 9.82. The summed E-state index contributed by atoms with van der Waals surface area (Å²) in [7, 11) is 0. The first kappa shape index (κ1) is 8.55. The van der Waals surface area contributed by atoms with E-state index in [9.17, 15) is 0 Å². The van der Waals surface area contributed by atoms with E-state index in [4.69, 9.17) is 5.73 Å². The zero-order valence-corrected chi connectivity index (χ0v) is 8.51. The van der Waals surface area contributed by atoms with Gasteiger partial charge in [-0.3, -0.25) is 0 Å². The SMILES string of the molecule is CC(C)(C)C(N)C1C2CCCC21. The highest BCUT2D eigenvalue weighted by molar-refractivity contribution is 5.07. The van der Waals surface area contributed by atoms with Crippen molar-refractivity contribution in [2.45, 2.75) is 46.1 Å². The van der Waals surface area contributed by atoms with Crippen molar-refractivity contribution >= 4 is 0 Å². The van der Waals surface area contributed by atoms with Crippen LogP contribution in [0.4, 0.5) is 0 Å². The van der Waals surface area contributed by atoms with Gasteiger partial charge in [0.25, 0.3) is 0 Å². The maximum absolute atomic E-state index is 6.25. The van der Waals surface area contributed by atoms with Gasteiger partial charge in [0, 0.05) is 6.04 Å². The highest BCUT2D eigenvalue weighted by atomic mass is 14.8. The fraction of sp³-hybridized carbons (Fsp3) is 1.00. The van der Waals surface area contributed by atoms with Crippen LogP contribution in [0.5, 0.6) is 0 Å². The van der Waals surface area contributed by atoms with E-state index in [1.165, 1.54) is 19.3 Å². The maximum Gasteiger partial charge on any atom is 0.0122 e. The van der Waals surface area contributed by atoms with Crippen LogP contribution in [0.15, 0.2) is 0 Å². The standard InChI is InChI=1S/C11H21N/c1-11(2,3)10(12)9-7-5-4-6-8(7)9/h7-10H,4-6,12H2,1-3H3. The third-order valence-electron chi connectivity index (χ3n) is 3.89. The third-order valence-corrected chi connectivity index (χ3v) is 3.89. The zero-order valence-electron chi connectivity index (χ0n) is 8.51. The molecule has 2 N–H and O–H groups in total. The molecule has 2 saturated carbocycles. The Balaban J connectivity index is 1.96. The lowest BCUT2D eigenvalue weighted by Gasteiger charge is -2.28. The van der Waals surface area contributed by atoms with Gasteiger partial charge < -0.3 is 5.73 Å². The molecule has 70 valence electrons. The summed E-state index contributed by atoms with van der Waals surface area (Å²) in [6, 6.07) is 0.438. The van der Waals surface area contributed by atoms with Gasteiger partial charge in [-0.1, -0.05) is 27.2 Å². The van der Waals surface area contributed by atoms with Crippen LogP contribution in [0, 0.1) is 23.2 Å². The Morgan fingerprint density at radius 1 is 1.17 bits per heavy atom. The minimum atomic E-state index is 0.314. The molecule has 12 heavy (non-hydrogen) atoms. The summed E-state index contributed by atoms with van der Waals surface area (Å²) in [6.45, 7) is 6.81. The van der Waals surface area contributed by atoms with Gasteiger partial charge >= 0.3 is 0 Å². The van der Waals surface area contributed by atoms with E-state index in [2.05, 4.69) is 20.8 Å². The monoisotopic (exact) mass is 167 g/mol. The minimum Gasteiger partial charge on any atom is -0.327 e. The van der Waals surface area contributed by atoms with E-state index < -0.39 is 0 Å². The molecule has 0 radical (unpaired) electrons. The molecule has 0 aromatic carbocycles. The Hall–Kier alpha value is -0.0400. The van der Waals surface area contributed by atoms with Crippen LogP contribution < -0.4 is 5.73 Å². The zero-order chi connectivity index (χ0) is 8.93. The molecule has 1 heteroatoms. The summed E-state index contributed by atoms with van der Waals surface area (Å²) in [6.07, 6.45) is 4.38. The maximum atomic E-state index is 6.25. The number of hydrogen-bond acceptors (Lipinski definition) is 1. The van der Waals surface area contributed by atoms with Gasteiger partial charge in [-0.15, -0.1) is 0 Å². The third kappa shape index (κ3) is 1.19. The molecular weight excluding hydrogens is 146 g/mol. The van der Waals surface area contributed by atoms with Crippen molar-refractivity contribution in [2.24, 2.45) is 28.9 Å². The Bertz CT molecular complexity index is 170. The molecule has 2 aliphatic carbocycles. The Morgan fingerprint density at radius 3 is 2.08 bits per heavy atom. The van der Waals surface area contributed by atoms with Gasteiger partial charge in [0.1, 0.15) is 0 Å². The number of fused-ring (bicyclic) bond motifs is 1. The summed E-state index contributed by atoms with van der Waals surface area (Å²) in [5, 5.41) is 0. The normalized spacial score (nSPS) is 42.5. The van der Waals surface area contributed by atoms with Gasteiger partial charge in [-0.25, -0.2) is 0 Å². The molecular formula is C11H21N. The van der Waals surface area contributed by atoms with Gasteiger partial charge in [0.15, 0.2) is 0 Å². The lowest BCUT2D eigenvalue weighted by Crippen LogP contribution is -2.38. The molecule has 0 aromatic rings. The molecule has 3 atom stereocenters. The molecule has 1 nitrogen and oxygen atoms in total. The van der Waals surface area contributed by atoms with Crippen LogP contribution in [0.2, 0.25) is 0 Å². The molecule has 0 heterocycles. The quantitative estimate of drug-likeness (QED) is 0.637. The molecule has 2 rings (SSSR count). The second kappa shape index (κ2) is 2.47. The average Bonchev–Trinajstić information content (AvgIpc) is 2.39. The van der Waals surface area contributed by atoms with Crippen molar-refractivity contribution in [3.63, 3.8) is 0 Å². The first-order valence-electron chi connectivity index (χ1n) is 5.27. The van der Waals surface area contributed by atoms with Gasteiger partial charge in [-0.05, 0) is 36.0 Å². The summed E-state index contributed by atoms with van der Waals surface area (Å²) >= 11 is 0. The molecule has 0 aliphatic heterocycles. The molecule has 0 bridgehead atoms. The summed E-state index contributed by atoms with van der Waals surface area (Å²) in [4.78, 5) is 0. The highest BCUT2D eigenvalue weighted by Gasteiger charge is 2.56. The topological polar surface area (TPSA) is 26.0 Å². The molecule has 0 saturated heterocycles. The highest BCUT2D eigenvalue weighted by Crippen LogP contribution is 2.60. The second-order valence-electron chi connectivity index (χ2n) is 5.73. The molecule has 0 amide bonds. The molecule has 2 aliphatic rings. The average molecular weight is 167 g/mol. The predicted octanol–water partition coefficient (Wildman–Crippen LogP) is 2.41. The van der Waals surface area contributed by atoms with Crippen molar-refractivity contribution in [1.29, 1.82) is 0 Å². The van der Waals surface area contributed by atoms with E-state index in [-0.39, 0.29) is 0 Å². The fourth-order valence-electron chi connectivity index (χ4n) is 2.99. The smallest absolute Gasteiger partial charge is 0.0122 e. The first-order chi connectivity index (χ1) is 5.52. The van der Waals surface area contributed by atoms with Crippen LogP contribution in [0.1, 0.15) is 40.0 Å². The molecule has 2 fully saturated rings. The van der Waals surface area contributed by atoms with Gasteiger partial charge in [-0.2, -0.15) is 0 Å². The largest absolute Gasteiger partial charge is 0.327 e.